The molecule has 3 rings (SSSR count). The van der Waals surface area contributed by atoms with Gasteiger partial charge in [0.05, 0.1) is 12.2 Å². The van der Waals surface area contributed by atoms with E-state index in [0.29, 0.717) is 5.82 Å². The van der Waals surface area contributed by atoms with Crippen molar-refractivity contribution in [3.8, 4) is 0 Å². The van der Waals surface area contributed by atoms with E-state index in [0.717, 1.165) is 13.0 Å². The van der Waals surface area contributed by atoms with E-state index in [1.807, 2.05) is 4.90 Å². The summed E-state index contributed by atoms with van der Waals surface area (Å²) in [5.74, 6) is -0.507. The molecule has 0 spiro atoms. The Morgan fingerprint density at radius 1 is 1.53 bits per heavy atom. The molecule has 1 aliphatic rings. The Morgan fingerprint density at radius 2 is 2.37 bits per heavy atom. The third kappa shape index (κ3) is 1.98. The Labute approximate surface area is 114 Å². The van der Waals surface area contributed by atoms with Crippen molar-refractivity contribution >= 4 is 23.1 Å². The molecule has 0 amide bonds. The molecule has 0 saturated carbocycles. The van der Waals surface area contributed by atoms with Crippen molar-refractivity contribution in [2.24, 2.45) is 0 Å². The van der Waals surface area contributed by atoms with Crippen molar-refractivity contribution in [3.05, 3.63) is 39.7 Å². The van der Waals surface area contributed by atoms with Gasteiger partial charge in [-0.1, -0.05) is 0 Å². The lowest BCUT2D eigenvalue weighted by Crippen LogP contribution is -2.35. The molecule has 0 aliphatic carbocycles. The number of aromatic nitrogens is 2. The fraction of sp³-hybridized carbons (Fsp3) is 0.308. The molecule has 0 aromatic carbocycles. The fourth-order valence-electron chi connectivity index (χ4n) is 2.50. The number of carboxylic acids is 1. The maximum absolute atomic E-state index is 11.3. The third-order valence-electron chi connectivity index (χ3n) is 3.48. The first-order valence-electron chi connectivity index (χ1n) is 6.06. The second-order valence-electron chi connectivity index (χ2n) is 4.49. The Kier molecular flexibility index (Phi) is 2.94. The predicted octanol–water partition coefficient (Wildman–Crippen LogP) is 2.36. The second-order valence-corrected chi connectivity index (χ2v) is 5.49. The first-order chi connectivity index (χ1) is 9.18. The van der Waals surface area contributed by atoms with Gasteiger partial charge in [-0.3, -0.25) is 0 Å². The van der Waals surface area contributed by atoms with Crippen LogP contribution in [-0.4, -0.2) is 27.8 Å². The SMILES string of the molecule is CC1c2ccsc2CCN1c1nnccc1C(=O)O. The molecule has 6 heteroatoms. The van der Waals surface area contributed by atoms with Gasteiger partial charge in [0.1, 0.15) is 5.56 Å². The number of fused-ring (bicyclic) bond motifs is 1. The molecule has 98 valence electrons. The van der Waals surface area contributed by atoms with Crippen LogP contribution in [0.3, 0.4) is 0 Å². The molecule has 0 bridgehead atoms. The number of hydrogen-bond donors (Lipinski definition) is 1. The van der Waals surface area contributed by atoms with Gasteiger partial charge in [-0.25, -0.2) is 4.79 Å². The lowest BCUT2D eigenvalue weighted by molar-refractivity contribution is 0.0697. The van der Waals surface area contributed by atoms with Crippen molar-refractivity contribution in [3.63, 3.8) is 0 Å². The van der Waals surface area contributed by atoms with Crippen LogP contribution in [0.15, 0.2) is 23.7 Å². The van der Waals surface area contributed by atoms with Gasteiger partial charge in [0.2, 0.25) is 0 Å². The average Bonchev–Trinajstić information content (AvgIpc) is 2.88. The minimum absolute atomic E-state index is 0.129. The zero-order valence-corrected chi connectivity index (χ0v) is 11.2. The number of thiophene rings is 1. The molecular weight excluding hydrogens is 262 g/mol. The van der Waals surface area contributed by atoms with Gasteiger partial charge in [-0.15, -0.1) is 16.4 Å². The maximum Gasteiger partial charge on any atom is 0.339 e. The highest BCUT2D eigenvalue weighted by Gasteiger charge is 2.28. The Hall–Kier alpha value is -1.95. The standard InChI is InChI=1S/C13H13N3O2S/c1-8-9-4-7-19-11(9)3-6-16(8)12-10(13(17)18)2-5-14-15-12/h2,4-5,7-8H,3,6H2,1H3,(H,17,18). The molecule has 0 fully saturated rings. The molecule has 3 heterocycles. The number of aromatic carboxylic acids is 1. The fourth-order valence-corrected chi connectivity index (χ4v) is 3.46. The summed E-state index contributed by atoms with van der Waals surface area (Å²) < 4.78 is 0. The summed E-state index contributed by atoms with van der Waals surface area (Å²) in [7, 11) is 0. The van der Waals surface area contributed by atoms with Gasteiger partial charge in [0.15, 0.2) is 5.82 Å². The summed E-state index contributed by atoms with van der Waals surface area (Å²) in [6, 6.07) is 3.73. The van der Waals surface area contributed by atoms with Crippen LogP contribution in [0.25, 0.3) is 0 Å². The van der Waals surface area contributed by atoms with Crippen molar-refractivity contribution in [1.29, 1.82) is 0 Å². The molecule has 2 aromatic heterocycles. The quantitative estimate of drug-likeness (QED) is 0.911. The lowest BCUT2D eigenvalue weighted by Gasteiger charge is -2.34. The molecule has 1 atom stereocenters. The summed E-state index contributed by atoms with van der Waals surface area (Å²) in [5.41, 5.74) is 1.47. The van der Waals surface area contributed by atoms with E-state index in [2.05, 4.69) is 28.6 Å². The van der Waals surface area contributed by atoms with Crippen molar-refractivity contribution in [1.82, 2.24) is 10.2 Å². The van der Waals surface area contributed by atoms with E-state index >= 15 is 0 Å². The first-order valence-corrected chi connectivity index (χ1v) is 6.94. The third-order valence-corrected chi connectivity index (χ3v) is 4.48. The topological polar surface area (TPSA) is 66.3 Å². The molecule has 1 aliphatic heterocycles. The predicted molar refractivity (Wildman–Crippen MR) is 72.8 cm³/mol. The van der Waals surface area contributed by atoms with Gasteiger partial charge < -0.3 is 10.0 Å². The number of carbonyl (C=O) groups is 1. The Bertz CT molecular complexity index is 626. The van der Waals surface area contributed by atoms with Crippen molar-refractivity contribution in [2.75, 3.05) is 11.4 Å². The minimum Gasteiger partial charge on any atom is -0.478 e. The molecule has 1 N–H and O–H groups in total. The average molecular weight is 275 g/mol. The summed E-state index contributed by atoms with van der Waals surface area (Å²) in [6.07, 6.45) is 2.34. The second kappa shape index (κ2) is 4.62. The van der Waals surface area contributed by atoms with Crippen LogP contribution >= 0.6 is 11.3 Å². The Morgan fingerprint density at radius 3 is 3.16 bits per heavy atom. The summed E-state index contributed by atoms with van der Waals surface area (Å²) in [6.45, 7) is 2.85. The number of nitrogens with zero attached hydrogens (tertiary/aromatic N) is 3. The van der Waals surface area contributed by atoms with E-state index < -0.39 is 5.97 Å². The van der Waals surface area contributed by atoms with Crippen LogP contribution < -0.4 is 4.90 Å². The largest absolute Gasteiger partial charge is 0.478 e. The highest BCUT2D eigenvalue weighted by atomic mass is 32.1. The zero-order valence-electron chi connectivity index (χ0n) is 10.4. The maximum atomic E-state index is 11.3. The van der Waals surface area contributed by atoms with E-state index in [1.165, 1.54) is 22.7 Å². The van der Waals surface area contributed by atoms with E-state index in [-0.39, 0.29) is 11.6 Å². The molecule has 2 aromatic rings. The summed E-state index contributed by atoms with van der Waals surface area (Å²) >= 11 is 1.76. The Balaban J connectivity index is 2.03. The number of carboxylic acid groups (broad SMARTS) is 1. The van der Waals surface area contributed by atoms with Gasteiger partial charge in [-0.2, -0.15) is 5.10 Å². The van der Waals surface area contributed by atoms with Crippen molar-refractivity contribution in [2.45, 2.75) is 19.4 Å². The highest BCUT2D eigenvalue weighted by molar-refractivity contribution is 7.10. The monoisotopic (exact) mass is 275 g/mol. The molecule has 0 saturated heterocycles. The van der Waals surface area contributed by atoms with Crippen LogP contribution in [-0.2, 0) is 6.42 Å². The first kappa shape index (κ1) is 12.1. The number of anilines is 1. The van der Waals surface area contributed by atoms with Crippen LogP contribution in [0, 0.1) is 0 Å². The smallest absolute Gasteiger partial charge is 0.339 e. The number of hydrogen-bond acceptors (Lipinski definition) is 5. The molecule has 19 heavy (non-hydrogen) atoms. The minimum atomic E-state index is -0.965. The molecule has 0 radical (unpaired) electrons. The van der Waals surface area contributed by atoms with Crippen LogP contribution in [0.2, 0.25) is 0 Å². The molecule has 5 nitrogen and oxygen atoms in total. The zero-order chi connectivity index (χ0) is 13.4. The van der Waals surface area contributed by atoms with Gasteiger partial charge in [0.25, 0.3) is 0 Å². The van der Waals surface area contributed by atoms with Gasteiger partial charge in [-0.05, 0) is 36.4 Å². The van der Waals surface area contributed by atoms with Crippen LogP contribution in [0.1, 0.15) is 33.8 Å². The summed E-state index contributed by atoms with van der Waals surface area (Å²) in [5, 5.41) is 19.2. The van der Waals surface area contributed by atoms with E-state index in [1.54, 1.807) is 11.3 Å². The van der Waals surface area contributed by atoms with Crippen molar-refractivity contribution < 1.29 is 9.90 Å². The molecular formula is C13H13N3O2S. The lowest BCUT2D eigenvalue weighted by atomic mass is 10.0. The summed E-state index contributed by atoms with van der Waals surface area (Å²) in [4.78, 5) is 14.7. The van der Waals surface area contributed by atoms with Crippen LogP contribution in [0.4, 0.5) is 5.82 Å². The van der Waals surface area contributed by atoms with E-state index in [9.17, 15) is 9.90 Å². The highest BCUT2D eigenvalue weighted by Crippen LogP contribution is 2.36. The number of rotatable bonds is 2. The van der Waals surface area contributed by atoms with E-state index in [4.69, 9.17) is 0 Å². The normalized spacial score (nSPS) is 18.2. The van der Waals surface area contributed by atoms with Gasteiger partial charge in [0, 0.05) is 11.4 Å². The van der Waals surface area contributed by atoms with Gasteiger partial charge >= 0.3 is 5.97 Å². The van der Waals surface area contributed by atoms with Crippen LogP contribution in [0.5, 0.6) is 0 Å². The molecule has 1 unspecified atom stereocenters.